The number of nitrogen functional groups attached to an aromatic ring is 1. The van der Waals surface area contributed by atoms with Gasteiger partial charge in [0, 0.05) is 24.3 Å². The van der Waals surface area contributed by atoms with Gasteiger partial charge in [-0.25, -0.2) is 9.97 Å². The van der Waals surface area contributed by atoms with Crippen molar-refractivity contribution in [1.82, 2.24) is 19.9 Å². The summed E-state index contributed by atoms with van der Waals surface area (Å²) in [6.45, 7) is 2.58. The average molecular weight is 380 g/mol. The molecule has 10 nitrogen and oxygen atoms in total. The predicted octanol–water partition coefficient (Wildman–Crippen LogP) is 0.403. The first-order valence-corrected chi connectivity index (χ1v) is 8.87. The second kappa shape index (κ2) is 7.71. The van der Waals surface area contributed by atoms with Crippen LogP contribution in [0.15, 0.2) is 30.5 Å². The third-order valence-corrected chi connectivity index (χ3v) is 4.37. The summed E-state index contributed by atoms with van der Waals surface area (Å²) >= 11 is 0. The minimum absolute atomic E-state index is 0.0641. The molecule has 0 atom stereocenters. The predicted molar refractivity (Wildman–Crippen MR) is 106 cm³/mol. The molecule has 0 unspecified atom stereocenters. The number of rotatable bonds is 4. The van der Waals surface area contributed by atoms with Crippen LogP contribution in [0.3, 0.4) is 0 Å². The second-order valence-corrected chi connectivity index (χ2v) is 6.26. The molecule has 0 saturated carbocycles. The van der Waals surface area contributed by atoms with Crippen molar-refractivity contribution in [2.75, 3.05) is 48.8 Å². The van der Waals surface area contributed by atoms with Gasteiger partial charge >= 0.3 is 0 Å². The van der Waals surface area contributed by atoms with Crippen LogP contribution in [0.2, 0.25) is 0 Å². The van der Waals surface area contributed by atoms with E-state index >= 15 is 0 Å². The molecule has 4 rings (SSSR count). The maximum absolute atomic E-state index is 11.4. The molecule has 0 aliphatic carbocycles. The fraction of sp³-hybridized carbons (Fsp3) is 0.278. The highest BCUT2D eigenvalue weighted by atomic mass is 16.5. The number of morpholine rings is 1. The smallest absolute Gasteiger partial charge is 0.238 e. The fourth-order valence-corrected chi connectivity index (χ4v) is 2.98. The van der Waals surface area contributed by atoms with Crippen molar-refractivity contribution in [3.8, 4) is 11.3 Å². The third kappa shape index (κ3) is 3.68. The number of aromatic nitrogens is 4. The number of carbonyl (C=O) groups excluding carboxylic acids is 1. The molecule has 3 heterocycles. The van der Waals surface area contributed by atoms with E-state index in [1.54, 1.807) is 18.3 Å². The molecule has 1 saturated heterocycles. The van der Waals surface area contributed by atoms with Gasteiger partial charge in [-0.15, -0.1) is 0 Å². The Kier molecular flexibility index (Phi) is 4.96. The fourth-order valence-electron chi connectivity index (χ4n) is 2.98. The Bertz CT molecular complexity index is 1000. The van der Waals surface area contributed by atoms with Crippen LogP contribution in [-0.4, -0.2) is 58.7 Å². The van der Waals surface area contributed by atoms with Crippen LogP contribution in [0.4, 0.5) is 17.5 Å². The van der Waals surface area contributed by atoms with Crippen LogP contribution < -0.4 is 21.7 Å². The minimum Gasteiger partial charge on any atom is -0.378 e. The zero-order chi connectivity index (χ0) is 19.5. The Hall–Kier alpha value is -3.37. The summed E-state index contributed by atoms with van der Waals surface area (Å²) in [5.41, 5.74) is 14.4. The van der Waals surface area contributed by atoms with Gasteiger partial charge in [0.2, 0.25) is 11.9 Å². The Labute approximate surface area is 160 Å². The molecule has 0 bridgehead atoms. The van der Waals surface area contributed by atoms with E-state index in [9.17, 15) is 4.79 Å². The summed E-state index contributed by atoms with van der Waals surface area (Å²) in [6.07, 6.45) is 1.64. The molecule has 28 heavy (non-hydrogen) atoms. The maximum Gasteiger partial charge on any atom is 0.238 e. The molecule has 1 aromatic carbocycles. The van der Waals surface area contributed by atoms with Crippen molar-refractivity contribution in [2.45, 2.75) is 0 Å². The second-order valence-electron chi connectivity index (χ2n) is 6.26. The van der Waals surface area contributed by atoms with Crippen LogP contribution in [-0.2, 0) is 9.53 Å². The van der Waals surface area contributed by atoms with Crippen molar-refractivity contribution in [3.63, 3.8) is 0 Å². The van der Waals surface area contributed by atoms with E-state index in [0.717, 1.165) is 5.56 Å². The topological polar surface area (TPSA) is 145 Å². The van der Waals surface area contributed by atoms with E-state index in [0.29, 0.717) is 54.7 Å². The number of hydrogen-bond acceptors (Lipinski definition) is 9. The number of ether oxygens (including phenoxy) is 1. The number of nitrogens with zero attached hydrogens (tertiary/aromatic N) is 5. The zero-order valence-electron chi connectivity index (χ0n) is 15.1. The number of nitrogens with one attached hydrogen (secondary N) is 1. The summed E-state index contributed by atoms with van der Waals surface area (Å²) in [7, 11) is 0. The highest BCUT2D eigenvalue weighted by Gasteiger charge is 2.19. The standard InChI is InChI=1S/C18H20N8O2/c19-9-14(27)22-12-3-1-11(2-4-12)13-10-21-16-15(23-13)17(25-18(20)24-16)26-5-7-28-8-6-26/h1-4,10H,5-9,19H2,(H,22,27)(H2,20,21,24,25). The van der Waals surface area contributed by atoms with Crippen LogP contribution in [0.1, 0.15) is 0 Å². The van der Waals surface area contributed by atoms with Crippen LogP contribution in [0.25, 0.3) is 22.4 Å². The van der Waals surface area contributed by atoms with Crippen molar-refractivity contribution >= 4 is 34.5 Å². The van der Waals surface area contributed by atoms with Gasteiger partial charge in [0.05, 0.1) is 31.6 Å². The SMILES string of the molecule is NCC(=O)Nc1ccc(-c2cnc3nc(N)nc(N4CCOCC4)c3n2)cc1. The molecule has 144 valence electrons. The van der Waals surface area contributed by atoms with Crippen LogP contribution >= 0.6 is 0 Å². The Balaban J connectivity index is 1.70. The van der Waals surface area contributed by atoms with Gasteiger partial charge in [0.25, 0.3) is 0 Å². The van der Waals surface area contributed by atoms with Gasteiger partial charge in [0.1, 0.15) is 0 Å². The summed E-state index contributed by atoms with van der Waals surface area (Å²) in [5.74, 6) is 0.575. The van der Waals surface area contributed by atoms with Gasteiger partial charge in [-0.05, 0) is 12.1 Å². The lowest BCUT2D eigenvalue weighted by Crippen LogP contribution is -2.37. The Morgan fingerprint density at radius 3 is 2.61 bits per heavy atom. The Morgan fingerprint density at radius 1 is 1.14 bits per heavy atom. The largest absolute Gasteiger partial charge is 0.378 e. The quantitative estimate of drug-likeness (QED) is 0.585. The number of anilines is 3. The van der Waals surface area contributed by atoms with Crippen molar-refractivity contribution in [2.24, 2.45) is 5.73 Å². The summed E-state index contributed by atoms with van der Waals surface area (Å²) in [5, 5.41) is 2.71. The summed E-state index contributed by atoms with van der Waals surface area (Å²) < 4.78 is 5.41. The van der Waals surface area contributed by atoms with Crippen LogP contribution in [0.5, 0.6) is 0 Å². The van der Waals surface area contributed by atoms with E-state index in [1.807, 2.05) is 12.1 Å². The highest BCUT2D eigenvalue weighted by Crippen LogP contribution is 2.26. The summed E-state index contributed by atoms with van der Waals surface area (Å²) in [6, 6.07) is 7.29. The van der Waals surface area contributed by atoms with Crippen molar-refractivity contribution in [3.05, 3.63) is 30.5 Å². The molecule has 1 amide bonds. The van der Waals surface area contributed by atoms with E-state index in [2.05, 4.69) is 25.2 Å². The number of benzene rings is 1. The molecule has 3 aromatic rings. The Morgan fingerprint density at radius 2 is 1.89 bits per heavy atom. The van der Waals surface area contributed by atoms with E-state index in [4.69, 9.17) is 21.2 Å². The van der Waals surface area contributed by atoms with Gasteiger partial charge in [-0.1, -0.05) is 12.1 Å². The number of hydrogen-bond donors (Lipinski definition) is 3. The molecular formula is C18H20N8O2. The maximum atomic E-state index is 11.4. The average Bonchev–Trinajstić information content (AvgIpc) is 2.74. The van der Waals surface area contributed by atoms with Gasteiger partial charge < -0.3 is 26.4 Å². The molecule has 2 aromatic heterocycles. The highest BCUT2D eigenvalue weighted by molar-refractivity contribution is 5.92. The molecule has 10 heteroatoms. The summed E-state index contributed by atoms with van der Waals surface area (Å²) in [4.78, 5) is 31.2. The normalized spacial score (nSPS) is 14.2. The van der Waals surface area contributed by atoms with E-state index < -0.39 is 0 Å². The lowest BCUT2D eigenvalue weighted by molar-refractivity contribution is -0.114. The van der Waals surface area contributed by atoms with E-state index in [-0.39, 0.29) is 18.4 Å². The molecule has 1 aliphatic rings. The molecule has 1 aliphatic heterocycles. The third-order valence-electron chi connectivity index (χ3n) is 4.37. The minimum atomic E-state index is -0.247. The molecule has 0 spiro atoms. The molecule has 1 fully saturated rings. The van der Waals surface area contributed by atoms with Crippen molar-refractivity contribution in [1.29, 1.82) is 0 Å². The van der Waals surface area contributed by atoms with Crippen molar-refractivity contribution < 1.29 is 9.53 Å². The van der Waals surface area contributed by atoms with E-state index in [1.165, 1.54) is 0 Å². The first-order valence-electron chi connectivity index (χ1n) is 8.87. The molecular weight excluding hydrogens is 360 g/mol. The molecule has 5 N–H and O–H groups in total. The number of fused-ring (bicyclic) bond motifs is 1. The molecule has 0 radical (unpaired) electrons. The number of nitrogens with two attached hydrogens (primary N) is 2. The first kappa shape index (κ1) is 18.0. The number of carbonyl (C=O) groups is 1. The zero-order valence-corrected chi connectivity index (χ0v) is 15.1. The number of amides is 1. The van der Waals surface area contributed by atoms with Gasteiger partial charge in [-0.2, -0.15) is 9.97 Å². The van der Waals surface area contributed by atoms with Gasteiger partial charge in [-0.3, -0.25) is 4.79 Å². The van der Waals surface area contributed by atoms with Gasteiger partial charge in [0.15, 0.2) is 17.0 Å². The first-order chi connectivity index (χ1) is 13.6. The lowest BCUT2D eigenvalue weighted by Gasteiger charge is -2.28. The van der Waals surface area contributed by atoms with Crippen LogP contribution in [0, 0.1) is 0 Å². The lowest BCUT2D eigenvalue weighted by atomic mass is 10.1. The monoisotopic (exact) mass is 380 g/mol.